The molecule has 0 spiro atoms. The molecular weight excluding hydrogens is 432 g/mol. The predicted molar refractivity (Wildman–Crippen MR) is 136 cm³/mol. The van der Waals surface area contributed by atoms with Crippen molar-refractivity contribution >= 4 is 17.9 Å². The molecule has 0 unspecified atom stereocenters. The quantitative estimate of drug-likeness (QED) is 0.170. The van der Waals surface area contributed by atoms with Gasteiger partial charge in [0.15, 0.2) is 0 Å². The van der Waals surface area contributed by atoms with Crippen molar-refractivity contribution in [3.63, 3.8) is 0 Å². The summed E-state index contributed by atoms with van der Waals surface area (Å²) in [6, 6.07) is 6.66. The van der Waals surface area contributed by atoms with E-state index in [0.29, 0.717) is 17.5 Å². The second kappa shape index (κ2) is 22.4. The highest BCUT2D eigenvalue weighted by molar-refractivity contribution is 5.74. The lowest BCUT2D eigenvalue weighted by Crippen LogP contribution is -2.07. The molecule has 0 aliphatic heterocycles. The predicted octanol–water partition coefficient (Wildman–Crippen LogP) is 7.27. The Balaban J connectivity index is 0.000000679. The van der Waals surface area contributed by atoms with Gasteiger partial charge in [0.1, 0.15) is 0 Å². The standard InChI is InChI=1S/C18H36O2.C10H10O4/c1-2-3-4-5-6-7-8-9-10-11-12-13-14-15-16-17-18(19)20;11-9(12)5-7-3-1-2-4-8(7)6-10(13)14/h2-17H2,1H3,(H,19,20);1-4H,5-6H2,(H,11,12)(H,13,14). The molecule has 1 rings (SSSR count). The van der Waals surface area contributed by atoms with Gasteiger partial charge < -0.3 is 15.3 Å². The first-order chi connectivity index (χ1) is 16.4. The number of carboxylic acids is 3. The third-order valence-electron chi connectivity index (χ3n) is 5.80. The molecule has 0 bridgehead atoms. The molecular formula is C28H46O6. The third kappa shape index (κ3) is 21.5. The van der Waals surface area contributed by atoms with Crippen LogP contribution in [0.2, 0.25) is 0 Å². The second-order valence-electron chi connectivity index (χ2n) is 9.00. The lowest BCUT2D eigenvalue weighted by Gasteiger charge is -2.04. The highest BCUT2D eigenvalue weighted by atomic mass is 16.4. The highest BCUT2D eigenvalue weighted by Gasteiger charge is 2.08. The van der Waals surface area contributed by atoms with Crippen LogP contribution < -0.4 is 0 Å². The Bertz CT molecular complexity index is 636. The molecule has 0 radical (unpaired) electrons. The van der Waals surface area contributed by atoms with Crippen molar-refractivity contribution in [3.8, 4) is 0 Å². The number of aliphatic carboxylic acids is 3. The van der Waals surface area contributed by atoms with E-state index in [-0.39, 0.29) is 12.8 Å². The van der Waals surface area contributed by atoms with Crippen molar-refractivity contribution in [2.24, 2.45) is 0 Å². The van der Waals surface area contributed by atoms with E-state index in [2.05, 4.69) is 6.92 Å². The summed E-state index contributed by atoms with van der Waals surface area (Å²) in [4.78, 5) is 31.3. The smallest absolute Gasteiger partial charge is 0.307 e. The molecule has 0 heterocycles. The molecule has 0 aliphatic carbocycles. The number of rotatable bonds is 20. The fourth-order valence-electron chi connectivity index (χ4n) is 3.88. The van der Waals surface area contributed by atoms with Crippen molar-refractivity contribution < 1.29 is 29.7 Å². The average molecular weight is 479 g/mol. The zero-order chi connectivity index (χ0) is 25.4. The molecule has 194 valence electrons. The molecule has 0 aliphatic rings. The summed E-state index contributed by atoms with van der Waals surface area (Å²) in [5.41, 5.74) is 1.12. The SMILES string of the molecule is CCCCCCCCCCCCCCCCCC(=O)O.O=C(O)Cc1ccccc1CC(=O)O. The normalized spacial score (nSPS) is 10.4. The molecule has 0 aromatic heterocycles. The summed E-state index contributed by atoms with van der Waals surface area (Å²) in [7, 11) is 0. The van der Waals surface area contributed by atoms with Crippen LogP contribution in [0.25, 0.3) is 0 Å². The maximum Gasteiger partial charge on any atom is 0.307 e. The molecule has 0 amide bonds. The number of hydrogen-bond acceptors (Lipinski definition) is 3. The minimum Gasteiger partial charge on any atom is -0.481 e. The van der Waals surface area contributed by atoms with Gasteiger partial charge in [0.25, 0.3) is 0 Å². The van der Waals surface area contributed by atoms with Gasteiger partial charge in [-0.25, -0.2) is 0 Å². The van der Waals surface area contributed by atoms with E-state index in [4.69, 9.17) is 15.3 Å². The molecule has 6 nitrogen and oxygen atoms in total. The van der Waals surface area contributed by atoms with E-state index in [1.54, 1.807) is 24.3 Å². The summed E-state index contributed by atoms with van der Waals surface area (Å²) < 4.78 is 0. The Kier molecular flexibility index (Phi) is 20.9. The summed E-state index contributed by atoms with van der Waals surface area (Å²) in [5, 5.41) is 25.7. The first-order valence-electron chi connectivity index (χ1n) is 13.1. The van der Waals surface area contributed by atoms with E-state index in [1.165, 1.54) is 83.5 Å². The Morgan fingerprint density at radius 2 is 0.853 bits per heavy atom. The van der Waals surface area contributed by atoms with Crippen LogP contribution in [0.3, 0.4) is 0 Å². The van der Waals surface area contributed by atoms with Gasteiger partial charge in [-0.05, 0) is 17.5 Å². The van der Waals surface area contributed by atoms with E-state index in [9.17, 15) is 14.4 Å². The van der Waals surface area contributed by atoms with Gasteiger partial charge in [-0.15, -0.1) is 0 Å². The molecule has 0 saturated carbocycles. The monoisotopic (exact) mass is 478 g/mol. The van der Waals surface area contributed by atoms with Crippen LogP contribution >= 0.6 is 0 Å². The molecule has 3 N–H and O–H groups in total. The zero-order valence-electron chi connectivity index (χ0n) is 21.1. The first kappa shape index (κ1) is 31.6. The fraction of sp³-hybridized carbons (Fsp3) is 0.679. The van der Waals surface area contributed by atoms with Gasteiger partial charge in [0.2, 0.25) is 0 Å². The molecule has 6 heteroatoms. The molecule has 1 aromatic carbocycles. The zero-order valence-corrected chi connectivity index (χ0v) is 21.1. The Hall–Kier alpha value is -2.37. The van der Waals surface area contributed by atoms with Crippen molar-refractivity contribution in [2.45, 2.75) is 122 Å². The van der Waals surface area contributed by atoms with Crippen molar-refractivity contribution in [2.75, 3.05) is 0 Å². The van der Waals surface area contributed by atoms with Gasteiger partial charge in [-0.2, -0.15) is 0 Å². The van der Waals surface area contributed by atoms with Gasteiger partial charge in [-0.3, -0.25) is 14.4 Å². The summed E-state index contributed by atoms with van der Waals surface area (Å²) in [5.74, 6) is -2.56. The van der Waals surface area contributed by atoms with Gasteiger partial charge in [0, 0.05) is 6.42 Å². The maximum absolute atomic E-state index is 10.5. The van der Waals surface area contributed by atoms with E-state index >= 15 is 0 Å². The lowest BCUT2D eigenvalue weighted by molar-refractivity contribution is -0.137. The third-order valence-corrected chi connectivity index (χ3v) is 5.80. The molecule has 0 saturated heterocycles. The Morgan fingerprint density at radius 3 is 1.15 bits per heavy atom. The van der Waals surface area contributed by atoms with E-state index in [1.807, 2.05) is 0 Å². The van der Waals surface area contributed by atoms with Crippen LogP contribution in [0, 0.1) is 0 Å². The lowest BCUT2D eigenvalue weighted by atomic mass is 10.0. The average Bonchev–Trinajstić information content (AvgIpc) is 2.77. The molecule has 1 aromatic rings. The van der Waals surface area contributed by atoms with E-state index < -0.39 is 17.9 Å². The molecule has 0 atom stereocenters. The maximum atomic E-state index is 10.5. The number of benzene rings is 1. The first-order valence-corrected chi connectivity index (χ1v) is 13.1. The number of unbranched alkanes of at least 4 members (excludes halogenated alkanes) is 14. The van der Waals surface area contributed by atoms with Crippen LogP contribution in [0.5, 0.6) is 0 Å². The summed E-state index contributed by atoms with van der Waals surface area (Å²) in [6.45, 7) is 2.27. The van der Waals surface area contributed by atoms with Crippen LogP contribution in [0.1, 0.15) is 121 Å². The number of carboxylic acid groups (broad SMARTS) is 3. The minimum absolute atomic E-state index is 0.135. The molecule has 34 heavy (non-hydrogen) atoms. The Labute approximate surface area is 205 Å². The summed E-state index contributed by atoms with van der Waals surface area (Å²) >= 11 is 0. The summed E-state index contributed by atoms with van der Waals surface area (Å²) in [6.07, 6.45) is 19.9. The van der Waals surface area contributed by atoms with Crippen LogP contribution in [0.15, 0.2) is 24.3 Å². The van der Waals surface area contributed by atoms with Crippen molar-refractivity contribution in [1.29, 1.82) is 0 Å². The number of hydrogen-bond donors (Lipinski definition) is 3. The van der Waals surface area contributed by atoms with Crippen LogP contribution in [-0.4, -0.2) is 33.2 Å². The van der Waals surface area contributed by atoms with Gasteiger partial charge in [0.05, 0.1) is 12.8 Å². The topological polar surface area (TPSA) is 112 Å². The number of carbonyl (C=O) groups is 3. The van der Waals surface area contributed by atoms with Crippen LogP contribution in [-0.2, 0) is 27.2 Å². The van der Waals surface area contributed by atoms with Crippen molar-refractivity contribution in [1.82, 2.24) is 0 Å². The molecule has 0 fully saturated rings. The van der Waals surface area contributed by atoms with Gasteiger partial charge in [-0.1, -0.05) is 121 Å². The van der Waals surface area contributed by atoms with Crippen LogP contribution in [0.4, 0.5) is 0 Å². The highest BCUT2D eigenvalue weighted by Crippen LogP contribution is 2.14. The van der Waals surface area contributed by atoms with E-state index in [0.717, 1.165) is 12.8 Å². The fourth-order valence-corrected chi connectivity index (χ4v) is 3.88. The van der Waals surface area contributed by atoms with Gasteiger partial charge >= 0.3 is 17.9 Å². The second-order valence-corrected chi connectivity index (χ2v) is 9.00. The largest absolute Gasteiger partial charge is 0.481 e. The minimum atomic E-state index is -0.956. The van der Waals surface area contributed by atoms with Crippen molar-refractivity contribution in [3.05, 3.63) is 35.4 Å². The Morgan fingerprint density at radius 1 is 0.529 bits per heavy atom.